The second kappa shape index (κ2) is 6.66. The van der Waals surface area contributed by atoms with E-state index in [1.54, 1.807) is 0 Å². The fourth-order valence-corrected chi connectivity index (χ4v) is 2.90. The number of nitrogens with one attached hydrogen (secondary N) is 1. The van der Waals surface area contributed by atoms with Gasteiger partial charge in [0.05, 0.1) is 5.69 Å². The van der Waals surface area contributed by atoms with Crippen molar-refractivity contribution in [2.24, 2.45) is 0 Å². The van der Waals surface area contributed by atoms with Crippen LogP contribution in [0.15, 0.2) is 24.4 Å². The number of aryl methyl sites for hydroxylation is 1. The third-order valence-electron chi connectivity index (χ3n) is 4.37. The van der Waals surface area contributed by atoms with Gasteiger partial charge in [-0.1, -0.05) is 53.7 Å². The third kappa shape index (κ3) is 4.50. The molecule has 1 aromatic heterocycles. The zero-order valence-electron chi connectivity index (χ0n) is 16.0. The molecule has 0 aliphatic heterocycles. The van der Waals surface area contributed by atoms with Gasteiger partial charge >= 0.3 is 0 Å². The fraction of sp³-hybridized carbons (Fsp3) is 0.476. The van der Waals surface area contributed by atoms with E-state index in [0.717, 1.165) is 16.7 Å². The molecule has 0 unspecified atom stereocenters. The smallest absolute Gasteiger partial charge is 0.179 e. The van der Waals surface area contributed by atoms with Crippen LogP contribution in [-0.4, -0.2) is 15.9 Å². The number of H-pyrrole nitrogens is 1. The van der Waals surface area contributed by atoms with Gasteiger partial charge in [0.15, 0.2) is 5.78 Å². The summed E-state index contributed by atoms with van der Waals surface area (Å²) in [4.78, 5) is 14.9. The predicted molar refractivity (Wildman–Crippen MR) is 98.9 cm³/mol. The summed E-state index contributed by atoms with van der Waals surface area (Å²) >= 11 is 0. The maximum absolute atomic E-state index is 13.1. The van der Waals surface area contributed by atoms with Crippen LogP contribution in [0.25, 0.3) is 0 Å². The van der Waals surface area contributed by atoms with Crippen LogP contribution in [-0.2, 0) is 17.3 Å². The molecule has 4 heteroatoms. The van der Waals surface area contributed by atoms with Crippen LogP contribution in [0.1, 0.15) is 75.1 Å². The Morgan fingerprint density at radius 1 is 1.04 bits per heavy atom. The van der Waals surface area contributed by atoms with Crippen molar-refractivity contribution in [3.63, 3.8) is 0 Å². The SMILES string of the molecule is CC(C)(C)c1cc(CCC(=O)c2cc(F)c[nH]2)cc(C(C)(C)C)c1O. The molecule has 25 heavy (non-hydrogen) atoms. The van der Waals surface area contributed by atoms with Gasteiger partial charge in [-0.2, -0.15) is 0 Å². The Hall–Kier alpha value is -2.10. The number of benzene rings is 1. The number of aromatic hydroxyl groups is 1. The van der Waals surface area contributed by atoms with E-state index in [9.17, 15) is 14.3 Å². The molecular formula is C21H28FNO2. The highest BCUT2D eigenvalue weighted by molar-refractivity contribution is 5.94. The van der Waals surface area contributed by atoms with Crippen molar-refractivity contribution < 1.29 is 14.3 Å². The van der Waals surface area contributed by atoms with Crippen molar-refractivity contribution in [3.8, 4) is 5.75 Å². The first-order valence-corrected chi connectivity index (χ1v) is 8.63. The van der Waals surface area contributed by atoms with Crippen molar-refractivity contribution in [1.29, 1.82) is 0 Å². The Morgan fingerprint density at radius 2 is 1.56 bits per heavy atom. The number of aromatic nitrogens is 1. The number of hydrogen-bond donors (Lipinski definition) is 2. The average Bonchev–Trinajstić information content (AvgIpc) is 2.90. The Kier molecular flexibility index (Phi) is 5.12. The average molecular weight is 345 g/mol. The van der Waals surface area contributed by atoms with E-state index in [1.165, 1.54) is 12.3 Å². The number of hydrogen-bond acceptors (Lipinski definition) is 2. The van der Waals surface area contributed by atoms with Crippen molar-refractivity contribution in [3.05, 3.63) is 52.6 Å². The highest BCUT2D eigenvalue weighted by atomic mass is 19.1. The third-order valence-corrected chi connectivity index (χ3v) is 4.37. The molecule has 136 valence electrons. The summed E-state index contributed by atoms with van der Waals surface area (Å²) < 4.78 is 13.1. The summed E-state index contributed by atoms with van der Waals surface area (Å²) in [5, 5.41) is 10.7. The molecule has 2 rings (SSSR count). The van der Waals surface area contributed by atoms with E-state index in [1.807, 2.05) is 12.1 Å². The molecular weight excluding hydrogens is 317 g/mol. The molecule has 0 radical (unpaired) electrons. The van der Waals surface area contributed by atoms with E-state index >= 15 is 0 Å². The topological polar surface area (TPSA) is 53.1 Å². The Morgan fingerprint density at radius 3 is 1.96 bits per heavy atom. The number of halogens is 1. The van der Waals surface area contributed by atoms with E-state index in [2.05, 4.69) is 46.5 Å². The van der Waals surface area contributed by atoms with Crippen molar-refractivity contribution in [1.82, 2.24) is 4.98 Å². The molecule has 0 saturated heterocycles. The number of carbonyl (C=O) groups is 1. The van der Waals surface area contributed by atoms with Gasteiger partial charge in [-0.05, 0) is 33.9 Å². The van der Waals surface area contributed by atoms with Crippen LogP contribution in [0.5, 0.6) is 5.75 Å². The predicted octanol–water partition coefficient (Wildman–Crippen LogP) is 5.27. The van der Waals surface area contributed by atoms with E-state index in [4.69, 9.17) is 0 Å². The lowest BCUT2D eigenvalue weighted by Crippen LogP contribution is -2.18. The largest absolute Gasteiger partial charge is 0.507 e. The van der Waals surface area contributed by atoms with Gasteiger partial charge in [0, 0.05) is 18.7 Å². The fourth-order valence-electron chi connectivity index (χ4n) is 2.90. The Balaban J connectivity index is 2.33. The van der Waals surface area contributed by atoms with Gasteiger partial charge in [0.1, 0.15) is 11.6 Å². The maximum Gasteiger partial charge on any atom is 0.179 e. The molecule has 0 saturated carbocycles. The molecule has 0 bridgehead atoms. The summed E-state index contributed by atoms with van der Waals surface area (Å²) in [5.41, 5.74) is 2.66. The number of phenols is 1. The molecule has 2 N–H and O–H groups in total. The first-order valence-electron chi connectivity index (χ1n) is 8.63. The minimum Gasteiger partial charge on any atom is -0.507 e. The summed E-state index contributed by atoms with van der Waals surface area (Å²) in [7, 11) is 0. The minimum absolute atomic E-state index is 0.119. The monoisotopic (exact) mass is 345 g/mol. The van der Waals surface area contributed by atoms with Gasteiger partial charge in [-0.3, -0.25) is 4.79 Å². The number of Topliss-reactive ketones (excluding diaryl/α,β-unsaturated/α-hetero) is 1. The van der Waals surface area contributed by atoms with Gasteiger partial charge in [-0.15, -0.1) is 0 Å². The van der Waals surface area contributed by atoms with Crippen LogP contribution in [0, 0.1) is 5.82 Å². The first-order chi connectivity index (χ1) is 11.4. The van der Waals surface area contributed by atoms with Gasteiger partial charge < -0.3 is 10.1 Å². The lowest BCUT2D eigenvalue weighted by molar-refractivity contribution is 0.0978. The second-order valence-corrected chi connectivity index (χ2v) is 8.69. The van der Waals surface area contributed by atoms with Gasteiger partial charge in [0.2, 0.25) is 0 Å². The zero-order chi connectivity index (χ0) is 19.0. The molecule has 0 fully saturated rings. The molecule has 0 spiro atoms. The highest BCUT2D eigenvalue weighted by Gasteiger charge is 2.26. The number of phenolic OH excluding ortho intramolecular Hbond substituents is 1. The molecule has 0 amide bonds. The minimum atomic E-state index is -0.432. The Bertz CT molecular complexity index is 741. The highest BCUT2D eigenvalue weighted by Crippen LogP contribution is 2.40. The standard InChI is InChI=1S/C21H28FNO2/c1-20(2,3)15-9-13(10-16(19(15)25)21(4,5)6)7-8-18(24)17-11-14(22)12-23-17/h9-12,23,25H,7-8H2,1-6H3. The van der Waals surface area contributed by atoms with E-state index < -0.39 is 5.82 Å². The number of carbonyl (C=O) groups excluding carboxylic acids is 1. The van der Waals surface area contributed by atoms with Crippen molar-refractivity contribution in [2.75, 3.05) is 0 Å². The normalized spacial score (nSPS) is 12.4. The molecule has 0 aliphatic rings. The lowest BCUT2D eigenvalue weighted by atomic mass is 9.78. The number of rotatable bonds is 4. The molecule has 3 nitrogen and oxygen atoms in total. The molecule has 0 aliphatic carbocycles. The van der Waals surface area contributed by atoms with Crippen LogP contribution in [0.4, 0.5) is 4.39 Å². The zero-order valence-corrected chi connectivity index (χ0v) is 16.0. The van der Waals surface area contributed by atoms with Crippen molar-refractivity contribution in [2.45, 2.75) is 65.2 Å². The van der Waals surface area contributed by atoms with Crippen LogP contribution >= 0.6 is 0 Å². The van der Waals surface area contributed by atoms with E-state index in [-0.39, 0.29) is 23.0 Å². The second-order valence-electron chi connectivity index (χ2n) is 8.69. The van der Waals surface area contributed by atoms with E-state index in [0.29, 0.717) is 17.9 Å². The molecule has 1 aromatic carbocycles. The Labute approximate surface area is 149 Å². The summed E-state index contributed by atoms with van der Waals surface area (Å²) in [6.07, 6.45) is 2.02. The maximum atomic E-state index is 13.1. The lowest BCUT2D eigenvalue weighted by Gasteiger charge is -2.28. The molecule has 0 atom stereocenters. The summed E-state index contributed by atoms with van der Waals surface area (Å²) in [6.45, 7) is 12.4. The van der Waals surface area contributed by atoms with Crippen LogP contribution in [0.3, 0.4) is 0 Å². The quantitative estimate of drug-likeness (QED) is 0.742. The molecule has 2 aromatic rings. The first kappa shape index (κ1) is 19.2. The van der Waals surface area contributed by atoms with Crippen molar-refractivity contribution >= 4 is 5.78 Å². The van der Waals surface area contributed by atoms with Gasteiger partial charge in [-0.25, -0.2) is 4.39 Å². The summed E-state index contributed by atoms with van der Waals surface area (Å²) in [6, 6.07) is 5.18. The summed E-state index contributed by atoms with van der Waals surface area (Å²) in [5.74, 6) is -0.217. The number of ketones is 1. The molecule has 1 heterocycles. The van der Waals surface area contributed by atoms with Crippen LogP contribution in [0.2, 0.25) is 0 Å². The van der Waals surface area contributed by atoms with Gasteiger partial charge in [0.25, 0.3) is 0 Å². The van der Waals surface area contributed by atoms with Crippen LogP contribution < -0.4 is 0 Å². The number of aromatic amines is 1.